The van der Waals surface area contributed by atoms with E-state index in [-0.39, 0.29) is 25.7 Å². The molecule has 1 atom stereocenters. The Morgan fingerprint density at radius 2 is 2.00 bits per heavy atom. The van der Waals surface area contributed by atoms with Crippen molar-refractivity contribution >= 4 is 11.8 Å². The number of hydrogen-bond acceptors (Lipinski definition) is 6. The van der Waals surface area contributed by atoms with Crippen LogP contribution in [0.15, 0.2) is 22.8 Å². The maximum absolute atomic E-state index is 11.8. The molecule has 0 unspecified atom stereocenters. The van der Waals surface area contributed by atoms with Crippen molar-refractivity contribution in [2.45, 2.75) is 12.5 Å². The van der Waals surface area contributed by atoms with E-state index in [0.717, 1.165) is 18.8 Å². The van der Waals surface area contributed by atoms with Crippen LogP contribution in [0.3, 0.4) is 0 Å². The highest BCUT2D eigenvalue weighted by Gasteiger charge is 2.26. The third-order valence-corrected chi connectivity index (χ3v) is 3.64. The highest BCUT2D eigenvalue weighted by atomic mass is 16.5. The fraction of sp³-hybridized carbons (Fsp3) is 0.600. The first kappa shape index (κ1) is 17.5. The fourth-order valence-corrected chi connectivity index (χ4v) is 2.41. The van der Waals surface area contributed by atoms with Crippen LogP contribution in [0, 0.1) is 0 Å². The molecule has 8 nitrogen and oxygen atoms in total. The van der Waals surface area contributed by atoms with Crippen LogP contribution < -0.4 is 10.6 Å². The molecule has 1 aromatic heterocycles. The lowest BCUT2D eigenvalue weighted by Crippen LogP contribution is -2.46. The number of hydrogen-bond donors (Lipinski definition) is 3. The zero-order valence-electron chi connectivity index (χ0n) is 13.0. The molecule has 1 aliphatic heterocycles. The van der Waals surface area contributed by atoms with Crippen molar-refractivity contribution in [1.82, 2.24) is 15.5 Å². The number of carbonyl (C=O) groups excluding carboxylic acids is 2. The smallest absolute Gasteiger partial charge is 0.309 e. The van der Waals surface area contributed by atoms with Gasteiger partial charge >= 0.3 is 11.8 Å². The van der Waals surface area contributed by atoms with Gasteiger partial charge in [-0.1, -0.05) is 0 Å². The van der Waals surface area contributed by atoms with Gasteiger partial charge in [-0.3, -0.25) is 14.5 Å². The molecule has 3 N–H and O–H groups in total. The molecule has 128 valence electrons. The first-order valence-corrected chi connectivity index (χ1v) is 7.74. The lowest BCUT2D eigenvalue weighted by molar-refractivity contribution is -0.139. The van der Waals surface area contributed by atoms with E-state index in [4.69, 9.17) is 14.3 Å². The number of aliphatic hydroxyl groups excluding tert-OH is 1. The van der Waals surface area contributed by atoms with E-state index >= 15 is 0 Å². The summed E-state index contributed by atoms with van der Waals surface area (Å²) < 4.78 is 10.8. The number of aliphatic hydroxyl groups is 1. The molecule has 1 aliphatic rings. The monoisotopic (exact) mass is 325 g/mol. The van der Waals surface area contributed by atoms with E-state index < -0.39 is 11.8 Å². The molecule has 0 saturated carbocycles. The van der Waals surface area contributed by atoms with Gasteiger partial charge in [0, 0.05) is 32.8 Å². The Labute approximate surface area is 134 Å². The third-order valence-electron chi connectivity index (χ3n) is 3.64. The molecular formula is C15H23N3O5. The fourth-order valence-electron chi connectivity index (χ4n) is 2.41. The van der Waals surface area contributed by atoms with Crippen LogP contribution in [-0.2, 0) is 14.3 Å². The van der Waals surface area contributed by atoms with E-state index in [1.807, 2.05) is 6.07 Å². The number of rotatable bonds is 7. The quantitative estimate of drug-likeness (QED) is 0.451. The molecule has 2 heterocycles. The van der Waals surface area contributed by atoms with Gasteiger partial charge in [-0.25, -0.2) is 0 Å². The molecular weight excluding hydrogens is 302 g/mol. The summed E-state index contributed by atoms with van der Waals surface area (Å²) in [5, 5.41) is 13.8. The second-order valence-corrected chi connectivity index (χ2v) is 5.22. The highest BCUT2D eigenvalue weighted by molar-refractivity contribution is 6.35. The Balaban J connectivity index is 1.88. The van der Waals surface area contributed by atoms with Crippen molar-refractivity contribution in [2.75, 3.05) is 46.0 Å². The maximum Gasteiger partial charge on any atom is 0.309 e. The van der Waals surface area contributed by atoms with Crippen molar-refractivity contribution in [3.8, 4) is 0 Å². The van der Waals surface area contributed by atoms with Crippen LogP contribution in [-0.4, -0.2) is 67.8 Å². The van der Waals surface area contributed by atoms with E-state index in [0.29, 0.717) is 19.6 Å². The molecule has 1 fully saturated rings. The number of morpholine rings is 1. The molecule has 0 aliphatic carbocycles. The summed E-state index contributed by atoms with van der Waals surface area (Å²) in [4.78, 5) is 25.6. The van der Waals surface area contributed by atoms with Gasteiger partial charge in [-0.05, 0) is 18.6 Å². The van der Waals surface area contributed by atoms with Crippen LogP contribution in [0.2, 0.25) is 0 Å². The van der Waals surface area contributed by atoms with E-state index in [9.17, 15) is 9.59 Å². The average Bonchev–Trinajstić information content (AvgIpc) is 3.10. The number of furan rings is 1. The lowest BCUT2D eigenvalue weighted by atomic mass is 10.1. The molecule has 0 spiro atoms. The number of nitrogens with one attached hydrogen (secondary N) is 2. The molecule has 0 aromatic carbocycles. The second-order valence-electron chi connectivity index (χ2n) is 5.22. The predicted molar refractivity (Wildman–Crippen MR) is 81.6 cm³/mol. The molecule has 0 bridgehead atoms. The first-order chi connectivity index (χ1) is 11.2. The van der Waals surface area contributed by atoms with Gasteiger partial charge in [-0.15, -0.1) is 0 Å². The Bertz CT molecular complexity index is 485. The topological polar surface area (TPSA) is 104 Å². The Kier molecular flexibility index (Phi) is 7.05. The van der Waals surface area contributed by atoms with Crippen molar-refractivity contribution in [3.05, 3.63) is 24.2 Å². The minimum atomic E-state index is -0.696. The number of amides is 2. The van der Waals surface area contributed by atoms with Crippen molar-refractivity contribution < 1.29 is 23.8 Å². The molecule has 1 aromatic rings. The van der Waals surface area contributed by atoms with Crippen LogP contribution in [0.1, 0.15) is 18.2 Å². The summed E-state index contributed by atoms with van der Waals surface area (Å²) in [7, 11) is 0. The average molecular weight is 325 g/mol. The molecule has 2 rings (SSSR count). The van der Waals surface area contributed by atoms with Gasteiger partial charge in [0.2, 0.25) is 0 Å². The number of carbonyl (C=O) groups is 2. The third kappa shape index (κ3) is 5.34. The summed E-state index contributed by atoms with van der Waals surface area (Å²) in [6.07, 6.45) is 2.01. The van der Waals surface area contributed by atoms with Gasteiger partial charge in [0.25, 0.3) is 0 Å². The zero-order valence-corrected chi connectivity index (χ0v) is 13.0. The van der Waals surface area contributed by atoms with Crippen LogP contribution in [0.4, 0.5) is 0 Å². The van der Waals surface area contributed by atoms with Gasteiger partial charge in [0.15, 0.2) is 0 Å². The number of nitrogens with zero attached hydrogens (tertiary/aromatic N) is 1. The largest absolute Gasteiger partial charge is 0.468 e. The van der Waals surface area contributed by atoms with Gasteiger partial charge in [0.1, 0.15) is 5.76 Å². The van der Waals surface area contributed by atoms with E-state index in [1.165, 1.54) is 0 Å². The molecule has 1 saturated heterocycles. The molecule has 2 amide bonds. The minimum absolute atomic E-state index is 0.0283. The minimum Gasteiger partial charge on any atom is -0.468 e. The van der Waals surface area contributed by atoms with Crippen LogP contribution in [0.25, 0.3) is 0 Å². The van der Waals surface area contributed by atoms with Gasteiger partial charge < -0.3 is 24.9 Å². The summed E-state index contributed by atoms with van der Waals surface area (Å²) in [5.41, 5.74) is 0. The highest BCUT2D eigenvalue weighted by Crippen LogP contribution is 2.21. The Hall–Kier alpha value is -1.90. The predicted octanol–water partition coefficient (Wildman–Crippen LogP) is -0.732. The SMILES string of the molecule is O=C(NCCCO)C(=O)NC[C@H](c1ccco1)N1CCOCC1. The van der Waals surface area contributed by atoms with Crippen molar-refractivity contribution in [1.29, 1.82) is 0 Å². The standard InChI is InChI=1S/C15H23N3O5/c19-7-2-4-16-14(20)15(21)17-11-12(13-3-1-8-23-13)18-5-9-22-10-6-18/h1,3,8,12,19H,2,4-7,9-11H2,(H,16,20)(H,17,21)/t12-/m1/s1. The summed E-state index contributed by atoms with van der Waals surface area (Å²) in [6, 6.07) is 3.52. The Morgan fingerprint density at radius 3 is 2.65 bits per heavy atom. The van der Waals surface area contributed by atoms with E-state index in [1.54, 1.807) is 12.3 Å². The van der Waals surface area contributed by atoms with Gasteiger partial charge in [-0.2, -0.15) is 0 Å². The normalized spacial score (nSPS) is 16.7. The van der Waals surface area contributed by atoms with Gasteiger partial charge in [0.05, 0.1) is 25.5 Å². The van der Waals surface area contributed by atoms with Crippen molar-refractivity contribution in [2.24, 2.45) is 0 Å². The van der Waals surface area contributed by atoms with Crippen LogP contribution in [0.5, 0.6) is 0 Å². The Morgan fingerprint density at radius 1 is 1.26 bits per heavy atom. The lowest BCUT2D eigenvalue weighted by Gasteiger charge is -2.33. The molecule has 23 heavy (non-hydrogen) atoms. The summed E-state index contributed by atoms with van der Waals surface area (Å²) in [6.45, 7) is 3.26. The second kappa shape index (κ2) is 9.29. The molecule has 0 radical (unpaired) electrons. The van der Waals surface area contributed by atoms with Crippen molar-refractivity contribution in [3.63, 3.8) is 0 Å². The maximum atomic E-state index is 11.8. The number of ether oxygens (including phenoxy) is 1. The zero-order chi connectivity index (χ0) is 16.5. The van der Waals surface area contributed by atoms with Crippen LogP contribution >= 0.6 is 0 Å². The van der Waals surface area contributed by atoms with E-state index in [2.05, 4.69) is 15.5 Å². The molecule has 8 heteroatoms. The summed E-state index contributed by atoms with van der Waals surface area (Å²) >= 11 is 0. The first-order valence-electron chi connectivity index (χ1n) is 7.74. The summed E-state index contributed by atoms with van der Waals surface area (Å²) in [5.74, 6) is -0.640.